The van der Waals surface area contributed by atoms with Crippen LogP contribution in [0.2, 0.25) is 0 Å². The summed E-state index contributed by atoms with van der Waals surface area (Å²) in [5.41, 5.74) is 3.13. The van der Waals surface area contributed by atoms with Crippen LogP contribution < -0.4 is 11.1 Å². The first-order chi connectivity index (χ1) is 12.3. The first-order valence-electron chi connectivity index (χ1n) is 8.09. The van der Waals surface area contributed by atoms with Crippen LogP contribution in [0, 0.1) is 19.7 Å². The fourth-order valence-corrected chi connectivity index (χ4v) is 2.54. The highest BCUT2D eigenvalue weighted by Crippen LogP contribution is 2.19. The molecule has 3 rings (SSSR count). The number of aryl methyl sites for hydroxylation is 2. The Bertz CT molecular complexity index is 1010. The largest absolute Gasteiger partial charge is 0.438 e. The van der Waals surface area contributed by atoms with Crippen LogP contribution in [0.15, 0.2) is 51.7 Å². The minimum Gasteiger partial charge on any atom is -0.388 e. The quantitative estimate of drug-likeness (QED) is 0.777. The Balaban J connectivity index is 1.83. The lowest BCUT2D eigenvalue weighted by molar-refractivity contribution is -0.119. The van der Waals surface area contributed by atoms with Gasteiger partial charge >= 0.3 is 5.76 Å². The zero-order valence-electron chi connectivity index (χ0n) is 14.6. The lowest BCUT2D eigenvalue weighted by Gasteiger charge is -2.13. The maximum Gasteiger partial charge on any atom is 0.438 e. The van der Waals surface area contributed by atoms with Gasteiger partial charge in [-0.1, -0.05) is 17.7 Å². The molecule has 26 heavy (non-hydrogen) atoms. The van der Waals surface area contributed by atoms with E-state index in [0.717, 1.165) is 15.8 Å². The minimum atomic E-state index is -0.874. The maximum absolute atomic E-state index is 13.0. The Kier molecular flexibility index (Phi) is 4.71. The number of carbonyl (C=O) groups excluding carboxylic acids is 1. The topological polar surface area (TPSA) is 77.1 Å². The molecule has 0 aliphatic carbocycles. The van der Waals surface area contributed by atoms with Crippen molar-refractivity contribution in [1.29, 1.82) is 0 Å². The van der Waals surface area contributed by atoms with E-state index in [9.17, 15) is 14.0 Å². The molecule has 0 bridgehead atoms. The molecule has 0 radical (unpaired) electrons. The Morgan fingerprint density at radius 1 is 1.19 bits per heavy atom. The van der Waals surface area contributed by atoms with Gasteiger partial charge in [0.05, 0.1) is 0 Å². The summed E-state index contributed by atoms with van der Waals surface area (Å²) in [7, 11) is 0. The van der Waals surface area contributed by atoms with Gasteiger partial charge in [-0.05, 0) is 56.7 Å². The number of rotatable bonds is 4. The first kappa shape index (κ1) is 17.6. The molecule has 2 aromatic carbocycles. The van der Waals surface area contributed by atoms with Gasteiger partial charge in [-0.2, -0.15) is 4.68 Å². The summed E-state index contributed by atoms with van der Waals surface area (Å²) in [4.78, 5) is 24.6. The van der Waals surface area contributed by atoms with Gasteiger partial charge in [-0.15, -0.1) is 5.10 Å². The van der Waals surface area contributed by atoms with Crippen molar-refractivity contribution < 1.29 is 13.6 Å². The Hall–Kier alpha value is -3.22. The average molecular weight is 355 g/mol. The van der Waals surface area contributed by atoms with Gasteiger partial charge in [0.15, 0.2) is 0 Å². The molecule has 1 heterocycles. The second kappa shape index (κ2) is 6.95. The van der Waals surface area contributed by atoms with E-state index >= 15 is 0 Å². The molecule has 1 N–H and O–H groups in total. The van der Waals surface area contributed by atoms with Crippen LogP contribution in [-0.4, -0.2) is 15.7 Å². The van der Waals surface area contributed by atoms with Crippen molar-refractivity contribution in [2.24, 2.45) is 0 Å². The molecule has 6 nitrogen and oxygen atoms in total. The van der Waals surface area contributed by atoms with E-state index in [-0.39, 0.29) is 5.89 Å². The summed E-state index contributed by atoms with van der Waals surface area (Å²) in [6, 6.07) is 10.2. The molecule has 1 unspecified atom stereocenters. The second-order valence-corrected chi connectivity index (χ2v) is 6.11. The number of halogens is 1. The number of anilines is 1. The fourth-order valence-electron chi connectivity index (χ4n) is 2.54. The number of nitrogens with one attached hydrogen (secondary N) is 1. The number of carbonyl (C=O) groups is 1. The molecule has 0 aliphatic heterocycles. The molecule has 0 fully saturated rings. The fraction of sp³-hybridized carbons (Fsp3) is 0.211. The summed E-state index contributed by atoms with van der Waals surface area (Å²) >= 11 is 0. The van der Waals surface area contributed by atoms with E-state index in [4.69, 9.17) is 4.42 Å². The summed E-state index contributed by atoms with van der Waals surface area (Å²) in [5.74, 6) is -1.52. The van der Waals surface area contributed by atoms with Crippen molar-refractivity contribution in [2.75, 3.05) is 5.32 Å². The molecule has 0 aliphatic rings. The Labute approximate surface area is 149 Å². The normalized spacial score (nSPS) is 12.0. The van der Waals surface area contributed by atoms with E-state index in [1.165, 1.54) is 24.3 Å². The lowest BCUT2D eigenvalue weighted by atomic mass is 10.1. The number of nitrogens with zero attached hydrogens (tertiary/aromatic N) is 2. The molecular formula is C19H18FN3O3. The van der Waals surface area contributed by atoms with Crippen LogP contribution >= 0.6 is 0 Å². The number of hydrogen-bond donors (Lipinski definition) is 1. The average Bonchev–Trinajstić information content (AvgIpc) is 2.99. The minimum absolute atomic E-state index is 0.0289. The van der Waals surface area contributed by atoms with Gasteiger partial charge in [0.1, 0.15) is 11.9 Å². The third-order valence-electron chi connectivity index (χ3n) is 4.05. The third kappa shape index (κ3) is 3.56. The van der Waals surface area contributed by atoms with Gasteiger partial charge in [0.2, 0.25) is 11.8 Å². The number of amides is 1. The van der Waals surface area contributed by atoms with Crippen LogP contribution in [0.25, 0.3) is 11.5 Å². The second-order valence-electron chi connectivity index (χ2n) is 6.11. The molecule has 1 atom stereocenters. The molecule has 0 spiro atoms. The Morgan fingerprint density at radius 2 is 1.88 bits per heavy atom. The number of hydrogen-bond acceptors (Lipinski definition) is 4. The standard InChI is InChI=1S/C19H18FN3O3/c1-11-4-9-16(12(2)10-11)21-17(24)13(3)23-19(25)26-18(22-23)14-5-7-15(20)8-6-14/h4-10,13H,1-3H3,(H,21,24). The third-order valence-corrected chi connectivity index (χ3v) is 4.05. The van der Waals surface area contributed by atoms with E-state index < -0.39 is 23.5 Å². The summed E-state index contributed by atoms with van der Waals surface area (Å²) in [5, 5.41) is 6.85. The van der Waals surface area contributed by atoms with Crippen molar-refractivity contribution in [2.45, 2.75) is 26.8 Å². The van der Waals surface area contributed by atoms with Gasteiger partial charge < -0.3 is 9.73 Å². The molecule has 1 amide bonds. The first-order valence-corrected chi connectivity index (χ1v) is 8.09. The van der Waals surface area contributed by atoms with Gasteiger partial charge in [-0.25, -0.2) is 9.18 Å². The zero-order valence-corrected chi connectivity index (χ0v) is 14.6. The van der Waals surface area contributed by atoms with Crippen molar-refractivity contribution in [3.05, 3.63) is 70.0 Å². The highest BCUT2D eigenvalue weighted by molar-refractivity contribution is 5.94. The predicted octanol–water partition coefficient (Wildman–Crippen LogP) is 3.46. The molecule has 0 saturated heterocycles. The highest BCUT2D eigenvalue weighted by atomic mass is 19.1. The molecule has 0 saturated carbocycles. The van der Waals surface area contributed by atoms with Crippen molar-refractivity contribution >= 4 is 11.6 Å². The van der Waals surface area contributed by atoms with E-state index in [1.807, 2.05) is 32.0 Å². The summed E-state index contributed by atoms with van der Waals surface area (Å²) < 4.78 is 19.1. The lowest BCUT2D eigenvalue weighted by Crippen LogP contribution is -2.30. The van der Waals surface area contributed by atoms with Crippen LogP contribution in [0.4, 0.5) is 10.1 Å². The highest BCUT2D eigenvalue weighted by Gasteiger charge is 2.22. The van der Waals surface area contributed by atoms with Crippen molar-refractivity contribution in [3.8, 4) is 11.5 Å². The molecule has 7 heteroatoms. The van der Waals surface area contributed by atoms with Crippen molar-refractivity contribution in [3.63, 3.8) is 0 Å². The number of benzene rings is 2. The monoisotopic (exact) mass is 355 g/mol. The smallest absolute Gasteiger partial charge is 0.388 e. The van der Waals surface area contributed by atoms with Crippen LogP contribution in [0.3, 0.4) is 0 Å². The van der Waals surface area contributed by atoms with E-state index in [1.54, 1.807) is 6.92 Å². The van der Waals surface area contributed by atoms with Gasteiger partial charge in [0.25, 0.3) is 0 Å². The Morgan fingerprint density at radius 3 is 2.54 bits per heavy atom. The van der Waals surface area contributed by atoms with Crippen molar-refractivity contribution in [1.82, 2.24) is 9.78 Å². The van der Waals surface area contributed by atoms with Gasteiger partial charge in [-0.3, -0.25) is 4.79 Å². The number of aromatic nitrogens is 2. The summed E-state index contributed by atoms with van der Waals surface area (Å²) in [6.07, 6.45) is 0. The molecular weight excluding hydrogens is 337 g/mol. The van der Waals surface area contributed by atoms with Crippen LogP contribution in [-0.2, 0) is 4.79 Å². The van der Waals surface area contributed by atoms with Crippen LogP contribution in [0.5, 0.6) is 0 Å². The van der Waals surface area contributed by atoms with E-state index in [0.29, 0.717) is 11.3 Å². The molecule has 134 valence electrons. The zero-order chi connectivity index (χ0) is 18.8. The van der Waals surface area contributed by atoms with E-state index in [2.05, 4.69) is 10.4 Å². The molecule has 3 aromatic rings. The summed E-state index contributed by atoms with van der Waals surface area (Å²) in [6.45, 7) is 5.41. The SMILES string of the molecule is Cc1ccc(NC(=O)C(C)n2nc(-c3ccc(F)cc3)oc2=O)c(C)c1. The predicted molar refractivity (Wildman–Crippen MR) is 95.4 cm³/mol. The van der Waals surface area contributed by atoms with Crippen LogP contribution in [0.1, 0.15) is 24.1 Å². The van der Waals surface area contributed by atoms with Gasteiger partial charge in [0, 0.05) is 11.3 Å². The molecule has 1 aromatic heterocycles. The maximum atomic E-state index is 13.0.